The van der Waals surface area contributed by atoms with Crippen LogP contribution in [-0.2, 0) is 13.0 Å². The minimum atomic E-state index is -0.449. The molecule has 0 atom stereocenters. The van der Waals surface area contributed by atoms with E-state index in [9.17, 15) is 8.78 Å². The first-order chi connectivity index (χ1) is 9.19. The third-order valence-electron chi connectivity index (χ3n) is 2.59. The summed E-state index contributed by atoms with van der Waals surface area (Å²) in [6.07, 6.45) is 3.19. The summed E-state index contributed by atoms with van der Waals surface area (Å²) in [6.45, 7) is 0.534. The Labute approximate surface area is 110 Å². The predicted molar refractivity (Wildman–Crippen MR) is 67.7 cm³/mol. The van der Waals surface area contributed by atoms with Crippen molar-refractivity contribution in [2.24, 2.45) is 5.73 Å². The molecule has 0 bridgehead atoms. The maximum atomic E-state index is 13.7. The van der Waals surface area contributed by atoms with Crippen molar-refractivity contribution in [3.05, 3.63) is 59.4 Å². The van der Waals surface area contributed by atoms with Gasteiger partial charge in [0, 0.05) is 11.8 Å². The van der Waals surface area contributed by atoms with Crippen molar-refractivity contribution in [3.8, 4) is 5.75 Å². The first-order valence-corrected chi connectivity index (χ1v) is 5.90. The van der Waals surface area contributed by atoms with E-state index in [4.69, 9.17) is 10.5 Å². The van der Waals surface area contributed by atoms with Crippen LogP contribution < -0.4 is 10.5 Å². The number of pyridine rings is 1. The van der Waals surface area contributed by atoms with Crippen LogP contribution >= 0.6 is 0 Å². The Hall–Kier alpha value is -2.01. The molecule has 3 nitrogen and oxygen atoms in total. The molecular weight excluding hydrogens is 250 g/mol. The van der Waals surface area contributed by atoms with Gasteiger partial charge in [-0.1, -0.05) is 6.07 Å². The van der Waals surface area contributed by atoms with Gasteiger partial charge in [-0.15, -0.1) is 0 Å². The molecule has 0 unspecified atom stereocenters. The first-order valence-electron chi connectivity index (χ1n) is 5.90. The highest BCUT2D eigenvalue weighted by Crippen LogP contribution is 2.19. The third kappa shape index (κ3) is 3.72. The van der Waals surface area contributed by atoms with Gasteiger partial charge >= 0.3 is 0 Å². The van der Waals surface area contributed by atoms with E-state index >= 15 is 0 Å². The fourth-order valence-electron chi connectivity index (χ4n) is 1.68. The zero-order valence-corrected chi connectivity index (χ0v) is 10.3. The Bertz CT molecular complexity index is 561. The molecule has 19 heavy (non-hydrogen) atoms. The van der Waals surface area contributed by atoms with E-state index in [-0.39, 0.29) is 12.4 Å². The summed E-state index contributed by atoms with van der Waals surface area (Å²) >= 11 is 0. The average molecular weight is 264 g/mol. The van der Waals surface area contributed by atoms with Crippen LogP contribution in [0.4, 0.5) is 8.78 Å². The highest BCUT2D eigenvalue weighted by atomic mass is 19.1. The van der Waals surface area contributed by atoms with Crippen molar-refractivity contribution < 1.29 is 13.5 Å². The summed E-state index contributed by atoms with van der Waals surface area (Å²) in [6, 6.07) is 6.00. The number of nitrogens with zero attached hydrogens (tertiary/aromatic N) is 1. The predicted octanol–water partition coefficient (Wildman–Crippen LogP) is 2.44. The number of ether oxygens (including phenoxy) is 1. The van der Waals surface area contributed by atoms with E-state index in [1.807, 2.05) is 0 Å². The molecule has 0 aliphatic rings. The Morgan fingerprint density at radius 2 is 1.95 bits per heavy atom. The van der Waals surface area contributed by atoms with Crippen molar-refractivity contribution in [2.45, 2.75) is 13.0 Å². The molecule has 0 radical (unpaired) electrons. The van der Waals surface area contributed by atoms with Gasteiger partial charge in [-0.05, 0) is 36.7 Å². The number of benzene rings is 1. The normalized spacial score (nSPS) is 10.5. The molecule has 2 N–H and O–H groups in total. The highest BCUT2D eigenvalue weighted by Gasteiger charge is 2.05. The molecule has 2 rings (SSSR count). The van der Waals surface area contributed by atoms with E-state index in [0.29, 0.717) is 18.5 Å². The lowest BCUT2D eigenvalue weighted by molar-refractivity contribution is 0.289. The lowest BCUT2D eigenvalue weighted by Crippen LogP contribution is -2.04. The minimum absolute atomic E-state index is 0.0674. The maximum absolute atomic E-state index is 13.7. The number of hydrogen-bond donors (Lipinski definition) is 1. The van der Waals surface area contributed by atoms with Gasteiger partial charge in [0.1, 0.15) is 12.4 Å². The van der Waals surface area contributed by atoms with Gasteiger partial charge in [-0.25, -0.2) is 8.78 Å². The van der Waals surface area contributed by atoms with Gasteiger partial charge in [0.05, 0.1) is 6.20 Å². The third-order valence-corrected chi connectivity index (χ3v) is 2.59. The molecule has 0 saturated carbocycles. The zero-order chi connectivity index (χ0) is 13.7. The summed E-state index contributed by atoms with van der Waals surface area (Å²) in [5, 5.41) is 0. The van der Waals surface area contributed by atoms with Crippen LogP contribution in [0.5, 0.6) is 5.75 Å². The fraction of sp³-hybridized carbons (Fsp3) is 0.214. The molecule has 1 aromatic carbocycles. The zero-order valence-electron chi connectivity index (χ0n) is 10.3. The van der Waals surface area contributed by atoms with Gasteiger partial charge < -0.3 is 10.5 Å². The lowest BCUT2D eigenvalue weighted by Gasteiger charge is -2.08. The number of halogens is 2. The van der Waals surface area contributed by atoms with E-state index in [1.165, 1.54) is 18.3 Å². The molecule has 1 heterocycles. The molecule has 0 aliphatic carbocycles. The largest absolute Gasteiger partial charge is 0.486 e. The summed E-state index contributed by atoms with van der Waals surface area (Å²) in [7, 11) is 0. The number of rotatable bonds is 5. The average Bonchev–Trinajstić information content (AvgIpc) is 2.38. The highest BCUT2D eigenvalue weighted by molar-refractivity contribution is 5.29. The molecule has 0 aliphatic heterocycles. The summed E-state index contributed by atoms with van der Waals surface area (Å²) in [5.41, 5.74) is 6.77. The van der Waals surface area contributed by atoms with Crippen molar-refractivity contribution in [3.63, 3.8) is 0 Å². The second-order valence-electron chi connectivity index (χ2n) is 4.10. The molecule has 2 aromatic rings. The lowest BCUT2D eigenvalue weighted by atomic mass is 10.1. The molecule has 1 aromatic heterocycles. The van der Waals surface area contributed by atoms with Crippen LogP contribution in [0.25, 0.3) is 0 Å². The second kappa shape index (κ2) is 6.24. The topological polar surface area (TPSA) is 48.1 Å². The van der Waals surface area contributed by atoms with Crippen LogP contribution in [0.15, 0.2) is 36.7 Å². The standard InChI is InChI=1S/C14H14F2N2O/c15-12-5-11(7-18-8-12)9-19-14-2-1-10(3-4-17)6-13(14)16/h1-2,5-8H,3-4,9,17H2. The Morgan fingerprint density at radius 3 is 2.63 bits per heavy atom. The molecule has 0 amide bonds. The Balaban J connectivity index is 2.03. The van der Waals surface area contributed by atoms with Crippen molar-refractivity contribution in [1.29, 1.82) is 0 Å². The molecular formula is C14H14F2N2O. The van der Waals surface area contributed by atoms with Crippen LogP contribution in [0, 0.1) is 11.6 Å². The first kappa shape index (κ1) is 13.4. The minimum Gasteiger partial charge on any atom is -0.486 e. The van der Waals surface area contributed by atoms with Gasteiger partial charge in [0.2, 0.25) is 0 Å². The smallest absolute Gasteiger partial charge is 0.165 e. The van der Waals surface area contributed by atoms with Crippen LogP contribution in [-0.4, -0.2) is 11.5 Å². The van der Waals surface area contributed by atoms with E-state index in [1.54, 1.807) is 12.1 Å². The van der Waals surface area contributed by atoms with Crippen LogP contribution in [0.1, 0.15) is 11.1 Å². The molecule has 0 saturated heterocycles. The number of hydrogen-bond acceptors (Lipinski definition) is 3. The molecule has 100 valence electrons. The molecule has 5 heteroatoms. The fourth-order valence-corrected chi connectivity index (χ4v) is 1.68. The van der Waals surface area contributed by atoms with Crippen molar-refractivity contribution in [1.82, 2.24) is 4.98 Å². The van der Waals surface area contributed by atoms with E-state index in [2.05, 4.69) is 4.98 Å². The molecule has 0 fully saturated rings. The number of aromatic nitrogens is 1. The quantitative estimate of drug-likeness (QED) is 0.902. The van der Waals surface area contributed by atoms with E-state index in [0.717, 1.165) is 11.8 Å². The van der Waals surface area contributed by atoms with Crippen molar-refractivity contribution >= 4 is 0 Å². The van der Waals surface area contributed by atoms with Gasteiger partial charge in [-0.3, -0.25) is 4.98 Å². The summed E-state index contributed by atoms with van der Waals surface area (Å²) in [4.78, 5) is 3.69. The van der Waals surface area contributed by atoms with Crippen LogP contribution in [0.3, 0.4) is 0 Å². The van der Waals surface area contributed by atoms with E-state index < -0.39 is 11.6 Å². The van der Waals surface area contributed by atoms with Gasteiger partial charge in [-0.2, -0.15) is 0 Å². The Morgan fingerprint density at radius 1 is 1.11 bits per heavy atom. The number of nitrogens with two attached hydrogens (primary N) is 1. The van der Waals surface area contributed by atoms with Crippen LogP contribution in [0.2, 0.25) is 0 Å². The SMILES string of the molecule is NCCc1ccc(OCc2cncc(F)c2)c(F)c1. The summed E-state index contributed by atoms with van der Waals surface area (Å²) < 4.78 is 31.9. The second-order valence-corrected chi connectivity index (χ2v) is 4.10. The molecule has 0 spiro atoms. The Kier molecular flexibility index (Phi) is 4.41. The summed E-state index contributed by atoms with van der Waals surface area (Å²) in [5.74, 6) is -0.764. The van der Waals surface area contributed by atoms with Gasteiger partial charge in [0.15, 0.2) is 11.6 Å². The van der Waals surface area contributed by atoms with Gasteiger partial charge in [0.25, 0.3) is 0 Å². The monoisotopic (exact) mass is 264 g/mol. The maximum Gasteiger partial charge on any atom is 0.165 e. The van der Waals surface area contributed by atoms with Crippen molar-refractivity contribution in [2.75, 3.05) is 6.54 Å².